The minimum Gasteiger partial charge on any atom is -0.223 e. The zero-order valence-electron chi connectivity index (χ0n) is 19.2. The number of hydrogen-bond donors (Lipinski definition) is 0. The Kier molecular flexibility index (Phi) is 20.9. The Morgan fingerprint density at radius 2 is 1.07 bits per heavy atom. The molecule has 0 saturated carbocycles. The molecular weight excluding hydrogens is 344 g/mol. The van der Waals surface area contributed by atoms with Crippen LogP contribution in [0.4, 0.5) is 0 Å². The maximum Gasteiger partial charge on any atom is -0.0100 e. The van der Waals surface area contributed by atoms with E-state index in [4.69, 9.17) is 0 Å². The fourth-order valence-electron chi connectivity index (χ4n) is 1.84. The van der Waals surface area contributed by atoms with Gasteiger partial charge in [0.1, 0.15) is 0 Å². The van der Waals surface area contributed by atoms with Crippen LogP contribution in [0.5, 0.6) is 0 Å². The predicted molar refractivity (Wildman–Crippen MR) is 132 cm³/mol. The van der Waals surface area contributed by atoms with Gasteiger partial charge in [-0.1, -0.05) is 81.3 Å². The molecule has 0 radical (unpaired) electrons. The highest BCUT2D eigenvalue weighted by atomic mass is 32.3. The zero-order chi connectivity index (χ0) is 21.9. The second kappa shape index (κ2) is 18.9. The van der Waals surface area contributed by atoms with Gasteiger partial charge in [-0.2, -0.15) is 0 Å². The molecule has 0 aromatic heterocycles. The summed E-state index contributed by atoms with van der Waals surface area (Å²) in [5.74, 6) is 0. The van der Waals surface area contributed by atoms with E-state index in [1.807, 2.05) is 33.8 Å². The Morgan fingerprint density at radius 1 is 0.741 bits per heavy atom. The van der Waals surface area contributed by atoms with Crippen LogP contribution >= 0.6 is 10.0 Å². The molecule has 2 aromatic carbocycles. The molecule has 27 heavy (non-hydrogen) atoms. The van der Waals surface area contributed by atoms with Gasteiger partial charge < -0.3 is 0 Å². The van der Waals surface area contributed by atoms with Gasteiger partial charge in [0.25, 0.3) is 0 Å². The molecular formula is C26H42S. The van der Waals surface area contributed by atoms with Crippen LogP contribution in [0, 0.1) is 26.7 Å². The van der Waals surface area contributed by atoms with E-state index >= 15 is 0 Å². The third-order valence-corrected chi connectivity index (χ3v) is 4.92. The van der Waals surface area contributed by atoms with Gasteiger partial charge in [-0.3, -0.25) is 0 Å². The molecule has 2 rings (SSSR count). The molecule has 0 spiro atoms. The van der Waals surface area contributed by atoms with Gasteiger partial charge in [0.15, 0.2) is 0 Å². The van der Waals surface area contributed by atoms with Gasteiger partial charge in [0, 0.05) is 0 Å². The summed E-state index contributed by atoms with van der Waals surface area (Å²) in [4.78, 5) is 1.49. The first-order chi connectivity index (χ1) is 12.8. The maximum atomic E-state index is 4.00. The summed E-state index contributed by atoms with van der Waals surface area (Å²) in [5.41, 5.74) is 3.99. The third kappa shape index (κ3) is 16.0. The van der Waals surface area contributed by atoms with Crippen molar-refractivity contribution in [2.45, 2.75) is 52.9 Å². The van der Waals surface area contributed by atoms with Gasteiger partial charge in [0.2, 0.25) is 0 Å². The first-order valence-corrected chi connectivity index (χ1v) is 12.4. The summed E-state index contributed by atoms with van der Waals surface area (Å²) >= 11 is 0. The molecule has 0 aliphatic rings. The predicted octanol–water partition coefficient (Wildman–Crippen LogP) is 8.07. The number of aryl methyl sites for hydroxylation is 2. The minimum absolute atomic E-state index is 0.520. The lowest BCUT2D eigenvalue weighted by atomic mass is 10.1. The van der Waals surface area contributed by atoms with Crippen molar-refractivity contribution in [3.63, 3.8) is 0 Å². The Balaban J connectivity index is -0.000000335. The Bertz CT molecular complexity index is 581. The molecule has 0 amide bonds. The SMILES string of the molecule is C#C.C=CCc1ccc(C)cc1.CC.CC.Cc1ccc(S(C)(C)C)cc1. The average molecular weight is 387 g/mol. The molecule has 2 aromatic rings. The second-order valence-corrected chi connectivity index (χ2v) is 10.3. The van der Waals surface area contributed by atoms with E-state index in [1.165, 1.54) is 21.6 Å². The summed E-state index contributed by atoms with van der Waals surface area (Å²) < 4.78 is 0. The van der Waals surface area contributed by atoms with Gasteiger partial charge in [0.05, 0.1) is 0 Å². The molecule has 0 fully saturated rings. The van der Waals surface area contributed by atoms with Crippen molar-refractivity contribution < 1.29 is 0 Å². The van der Waals surface area contributed by atoms with Crippen LogP contribution in [-0.4, -0.2) is 18.8 Å². The molecule has 152 valence electrons. The molecule has 0 aliphatic carbocycles. The van der Waals surface area contributed by atoms with Crippen LogP contribution in [0.25, 0.3) is 0 Å². The first-order valence-electron chi connectivity index (χ1n) is 9.57. The molecule has 0 aliphatic heterocycles. The summed E-state index contributed by atoms with van der Waals surface area (Å²) in [6.45, 7) is 15.9. The fourth-order valence-corrected chi connectivity index (χ4v) is 2.79. The summed E-state index contributed by atoms with van der Waals surface area (Å²) in [7, 11) is -0.520. The van der Waals surface area contributed by atoms with Crippen LogP contribution in [0.15, 0.2) is 66.1 Å². The van der Waals surface area contributed by atoms with E-state index in [0.717, 1.165) is 6.42 Å². The summed E-state index contributed by atoms with van der Waals surface area (Å²) in [5, 5.41) is 0. The van der Waals surface area contributed by atoms with E-state index in [0.29, 0.717) is 0 Å². The number of allylic oxidation sites excluding steroid dienone is 1. The number of benzene rings is 2. The van der Waals surface area contributed by atoms with Crippen molar-refractivity contribution in [1.29, 1.82) is 0 Å². The van der Waals surface area contributed by atoms with E-state index in [-0.39, 0.29) is 0 Å². The van der Waals surface area contributed by atoms with Crippen LogP contribution in [0.1, 0.15) is 44.4 Å². The number of rotatable bonds is 3. The molecule has 0 atom stereocenters. The maximum absolute atomic E-state index is 4.00. The zero-order valence-corrected chi connectivity index (χ0v) is 20.0. The lowest BCUT2D eigenvalue weighted by Crippen LogP contribution is -1.91. The largest absolute Gasteiger partial charge is 0.223 e. The van der Waals surface area contributed by atoms with E-state index in [2.05, 4.69) is 101 Å². The van der Waals surface area contributed by atoms with Crippen LogP contribution in [0.2, 0.25) is 0 Å². The van der Waals surface area contributed by atoms with Crippen molar-refractivity contribution >= 4 is 10.0 Å². The summed E-state index contributed by atoms with van der Waals surface area (Å²) in [6, 6.07) is 17.4. The molecule has 0 nitrogen and oxygen atoms in total. The van der Waals surface area contributed by atoms with Gasteiger partial charge in [-0.25, -0.2) is 10.0 Å². The highest BCUT2D eigenvalue weighted by Crippen LogP contribution is 2.44. The van der Waals surface area contributed by atoms with E-state index in [9.17, 15) is 0 Å². The van der Waals surface area contributed by atoms with Crippen molar-refractivity contribution in [2.75, 3.05) is 18.8 Å². The number of hydrogen-bond acceptors (Lipinski definition) is 0. The Labute approximate surface area is 172 Å². The molecule has 0 heterocycles. The summed E-state index contributed by atoms with van der Waals surface area (Å²) in [6.07, 6.45) is 17.8. The molecule has 1 heteroatoms. The molecule has 0 unspecified atom stereocenters. The molecule has 0 N–H and O–H groups in total. The van der Waals surface area contributed by atoms with Crippen molar-refractivity contribution in [2.24, 2.45) is 0 Å². The smallest absolute Gasteiger partial charge is 0.0100 e. The number of terminal acetylenes is 1. The Hall–Kier alpha value is -1.91. The van der Waals surface area contributed by atoms with Crippen molar-refractivity contribution in [1.82, 2.24) is 0 Å². The van der Waals surface area contributed by atoms with Crippen molar-refractivity contribution in [3.05, 3.63) is 77.9 Å². The third-order valence-electron chi connectivity index (χ3n) is 3.23. The molecule has 0 saturated heterocycles. The van der Waals surface area contributed by atoms with Gasteiger partial charge >= 0.3 is 0 Å². The second-order valence-electron chi connectivity index (χ2n) is 6.13. The lowest BCUT2D eigenvalue weighted by molar-refractivity contribution is 1.26. The van der Waals surface area contributed by atoms with E-state index < -0.39 is 10.0 Å². The van der Waals surface area contributed by atoms with Crippen LogP contribution in [0.3, 0.4) is 0 Å². The lowest BCUT2D eigenvalue weighted by Gasteiger charge is -2.25. The van der Waals surface area contributed by atoms with Gasteiger partial charge in [-0.05, 0) is 61.6 Å². The standard InChI is InChI=1S/C10H16S.C10H12.2C2H6.C2H2/c1-9-5-7-10(8-6-9)11(2,3)4;1-3-4-10-7-5-9(2)6-8-10;3*1-2/h5-8H,1-4H3;3,5-8H,1,4H2,2H3;2*1-2H3;1-2H. The van der Waals surface area contributed by atoms with Crippen molar-refractivity contribution in [3.8, 4) is 12.8 Å². The minimum atomic E-state index is -0.520. The monoisotopic (exact) mass is 386 g/mol. The van der Waals surface area contributed by atoms with Crippen LogP contribution < -0.4 is 0 Å². The average Bonchev–Trinajstić information content (AvgIpc) is 2.69. The quantitative estimate of drug-likeness (QED) is 0.369. The Morgan fingerprint density at radius 3 is 1.37 bits per heavy atom. The van der Waals surface area contributed by atoms with Gasteiger partial charge in [-0.15, -0.1) is 19.4 Å². The van der Waals surface area contributed by atoms with Crippen LogP contribution in [-0.2, 0) is 6.42 Å². The van der Waals surface area contributed by atoms with E-state index in [1.54, 1.807) is 0 Å². The topological polar surface area (TPSA) is 0 Å². The highest BCUT2D eigenvalue weighted by molar-refractivity contribution is 8.32. The normalized spacial score (nSPS) is 9.30. The molecule has 0 bridgehead atoms. The first kappa shape index (κ1) is 29.8. The highest BCUT2D eigenvalue weighted by Gasteiger charge is 2.05. The fraction of sp³-hybridized carbons (Fsp3) is 0.385.